The molecule has 0 aliphatic carbocycles. The molecule has 1 aromatic rings. The van der Waals surface area contributed by atoms with Gasteiger partial charge in [0.2, 0.25) is 0 Å². The van der Waals surface area contributed by atoms with Gasteiger partial charge in [-0.05, 0) is 31.7 Å². The quantitative estimate of drug-likeness (QED) is 0.776. The molecule has 1 saturated heterocycles. The van der Waals surface area contributed by atoms with Crippen LogP contribution in [-0.4, -0.2) is 44.3 Å². The molecular weight excluding hydrogens is 214 g/mol. The Morgan fingerprint density at radius 1 is 1.53 bits per heavy atom. The van der Waals surface area contributed by atoms with Crippen LogP contribution in [0.15, 0.2) is 18.2 Å². The number of hydrogen-bond donors (Lipinski definition) is 2. The first-order valence-electron chi connectivity index (χ1n) is 6.05. The van der Waals surface area contributed by atoms with Crippen molar-refractivity contribution in [1.29, 1.82) is 0 Å². The summed E-state index contributed by atoms with van der Waals surface area (Å²) in [7, 11) is 2.13. The Morgan fingerprint density at radius 3 is 3.12 bits per heavy atom. The van der Waals surface area contributed by atoms with Gasteiger partial charge in [-0.1, -0.05) is 6.07 Å². The molecule has 94 valence electrons. The Kier molecular flexibility index (Phi) is 3.86. The number of aryl methyl sites for hydroxylation is 1. The molecule has 3 N–H and O–H groups in total. The number of rotatable bonds is 3. The fraction of sp³-hybridized carbons (Fsp3) is 0.538. The lowest BCUT2D eigenvalue weighted by atomic mass is 10.1. The summed E-state index contributed by atoms with van der Waals surface area (Å²) in [5.74, 6) is 0. The van der Waals surface area contributed by atoms with Crippen LogP contribution in [-0.2, 0) is 4.74 Å². The van der Waals surface area contributed by atoms with E-state index in [9.17, 15) is 0 Å². The third kappa shape index (κ3) is 3.35. The molecule has 0 amide bonds. The monoisotopic (exact) mass is 235 g/mol. The molecule has 1 unspecified atom stereocenters. The zero-order valence-electron chi connectivity index (χ0n) is 10.6. The zero-order chi connectivity index (χ0) is 12.3. The molecule has 4 heteroatoms. The Labute approximate surface area is 103 Å². The second-order valence-electron chi connectivity index (χ2n) is 4.71. The lowest BCUT2D eigenvalue weighted by Gasteiger charge is -2.30. The van der Waals surface area contributed by atoms with Crippen LogP contribution in [0, 0.1) is 6.92 Å². The number of nitrogens with two attached hydrogens (primary N) is 1. The van der Waals surface area contributed by atoms with Crippen LogP contribution in [0.5, 0.6) is 0 Å². The van der Waals surface area contributed by atoms with Crippen LogP contribution < -0.4 is 11.1 Å². The number of nitrogens with one attached hydrogen (secondary N) is 1. The molecule has 17 heavy (non-hydrogen) atoms. The first-order chi connectivity index (χ1) is 8.15. The molecule has 4 nitrogen and oxygen atoms in total. The number of hydrogen-bond acceptors (Lipinski definition) is 4. The van der Waals surface area contributed by atoms with Gasteiger partial charge in [-0.2, -0.15) is 0 Å². The average Bonchev–Trinajstić information content (AvgIpc) is 2.30. The summed E-state index contributed by atoms with van der Waals surface area (Å²) < 4.78 is 5.70. The molecule has 1 atom stereocenters. The van der Waals surface area contributed by atoms with Crippen molar-refractivity contribution >= 4 is 11.4 Å². The largest absolute Gasteiger partial charge is 0.399 e. The van der Waals surface area contributed by atoms with Crippen LogP contribution in [0.2, 0.25) is 0 Å². The fourth-order valence-electron chi connectivity index (χ4n) is 2.04. The van der Waals surface area contributed by atoms with E-state index in [4.69, 9.17) is 10.5 Å². The Bertz CT molecular complexity index is 381. The minimum atomic E-state index is 0.259. The van der Waals surface area contributed by atoms with Crippen molar-refractivity contribution in [3.05, 3.63) is 23.8 Å². The third-order valence-corrected chi connectivity index (χ3v) is 3.12. The highest BCUT2D eigenvalue weighted by Gasteiger charge is 2.17. The van der Waals surface area contributed by atoms with E-state index in [-0.39, 0.29) is 6.10 Å². The maximum atomic E-state index is 5.78. The smallest absolute Gasteiger partial charge is 0.0874 e. The van der Waals surface area contributed by atoms with Gasteiger partial charge in [-0.15, -0.1) is 0 Å². The SMILES string of the molecule is Cc1ccc(N)cc1NCC1CN(C)CCO1. The van der Waals surface area contributed by atoms with Crippen LogP contribution in [0.1, 0.15) is 5.56 Å². The van der Waals surface area contributed by atoms with Gasteiger partial charge in [0.15, 0.2) is 0 Å². The van der Waals surface area contributed by atoms with Crippen LogP contribution in [0.3, 0.4) is 0 Å². The summed E-state index contributed by atoms with van der Waals surface area (Å²) in [4.78, 5) is 2.29. The van der Waals surface area contributed by atoms with Crippen molar-refractivity contribution < 1.29 is 4.74 Å². The van der Waals surface area contributed by atoms with Gasteiger partial charge in [0.1, 0.15) is 0 Å². The molecular formula is C13H21N3O. The van der Waals surface area contributed by atoms with Crippen LogP contribution in [0.25, 0.3) is 0 Å². The summed E-state index contributed by atoms with van der Waals surface area (Å²) in [6.45, 7) is 5.73. The normalized spacial score (nSPS) is 21.4. The third-order valence-electron chi connectivity index (χ3n) is 3.12. The predicted molar refractivity (Wildman–Crippen MR) is 71.3 cm³/mol. The summed E-state index contributed by atoms with van der Waals surface area (Å²) >= 11 is 0. The maximum absolute atomic E-state index is 5.78. The molecule has 0 spiro atoms. The molecule has 1 aliphatic heterocycles. The lowest BCUT2D eigenvalue weighted by molar-refractivity contribution is -0.0117. The topological polar surface area (TPSA) is 50.5 Å². The van der Waals surface area contributed by atoms with E-state index >= 15 is 0 Å². The minimum Gasteiger partial charge on any atom is -0.399 e. The second-order valence-corrected chi connectivity index (χ2v) is 4.71. The van der Waals surface area contributed by atoms with E-state index in [1.807, 2.05) is 18.2 Å². The van der Waals surface area contributed by atoms with Crippen molar-refractivity contribution in [3.8, 4) is 0 Å². The number of morpholine rings is 1. The van der Waals surface area contributed by atoms with Crippen molar-refractivity contribution in [2.24, 2.45) is 0 Å². The summed E-state index contributed by atoms with van der Waals surface area (Å²) in [6, 6.07) is 5.93. The highest BCUT2D eigenvalue weighted by Crippen LogP contribution is 2.18. The standard InChI is InChI=1S/C13H21N3O/c1-10-3-4-11(14)7-13(10)15-8-12-9-16(2)5-6-17-12/h3-4,7,12,15H,5-6,8-9,14H2,1-2H3. The molecule has 0 bridgehead atoms. The molecule has 1 fully saturated rings. The van der Waals surface area contributed by atoms with Crippen molar-refractivity contribution in [2.45, 2.75) is 13.0 Å². The average molecular weight is 235 g/mol. The zero-order valence-corrected chi connectivity index (χ0v) is 10.6. The van der Waals surface area contributed by atoms with Gasteiger partial charge in [0.05, 0.1) is 12.7 Å². The Balaban J connectivity index is 1.90. The van der Waals surface area contributed by atoms with Crippen molar-refractivity contribution in [2.75, 3.05) is 44.3 Å². The minimum absolute atomic E-state index is 0.259. The number of anilines is 2. The van der Waals surface area contributed by atoms with Gasteiger partial charge in [-0.25, -0.2) is 0 Å². The lowest BCUT2D eigenvalue weighted by Crippen LogP contribution is -2.43. The van der Waals surface area contributed by atoms with E-state index < -0.39 is 0 Å². The molecule has 2 rings (SSSR count). The second kappa shape index (κ2) is 5.38. The Morgan fingerprint density at radius 2 is 2.35 bits per heavy atom. The molecule has 1 heterocycles. The summed E-state index contributed by atoms with van der Waals surface area (Å²) in [5.41, 5.74) is 8.88. The molecule has 0 radical (unpaired) electrons. The van der Waals surface area contributed by atoms with Gasteiger partial charge in [0, 0.05) is 31.0 Å². The van der Waals surface area contributed by atoms with E-state index in [0.29, 0.717) is 0 Å². The van der Waals surface area contributed by atoms with Gasteiger partial charge in [0.25, 0.3) is 0 Å². The van der Waals surface area contributed by atoms with Crippen LogP contribution in [0.4, 0.5) is 11.4 Å². The predicted octanol–water partition coefficient (Wildman–Crippen LogP) is 1.32. The van der Waals surface area contributed by atoms with Crippen molar-refractivity contribution in [3.63, 3.8) is 0 Å². The van der Waals surface area contributed by atoms with Gasteiger partial charge in [-0.3, -0.25) is 0 Å². The maximum Gasteiger partial charge on any atom is 0.0874 e. The highest BCUT2D eigenvalue weighted by atomic mass is 16.5. The van der Waals surface area contributed by atoms with E-state index in [1.54, 1.807) is 0 Å². The van der Waals surface area contributed by atoms with E-state index in [1.165, 1.54) is 5.56 Å². The Hall–Kier alpha value is -1.26. The number of likely N-dealkylation sites (N-methyl/N-ethyl adjacent to an activating group) is 1. The molecule has 0 saturated carbocycles. The van der Waals surface area contributed by atoms with E-state index in [2.05, 4.69) is 24.2 Å². The number of ether oxygens (including phenoxy) is 1. The first-order valence-corrected chi connectivity index (χ1v) is 6.05. The van der Waals surface area contributed by atoms with Crippen LogP contribution >= 0.6 is 0 Å². The molecule has 0 aromatic heterocycles. The first kappa shape index (κ1) is 12.2. The highest BCUT2D eigenvalue weighted by molar-refractivity contribution is 5.59. The molecule has 1 aromatic carbocycles. The van der Waals surface area contributed by atoms with Gasteiger partial charge >= 0.3 is 0 Å². The number of nitrogens with zero attached hydrogens (tertiary/aromatic N) is 1. The van der Waals surface area contributed by atoms with E-state index in [0.717, 1.165) is 37.6 Å². The van der Waals surface area contributed by atoms with Gasteiger partial charge < -0.3 is 20.7 Å². The number of benzene rings is 1. The summed E-state index contributed by atoms with van der Waals surface area (Å²) in [6.07, 6.45) is 0.259. The molecule has 1 aliphatic rings. The number of nitrogen functional groups attached to an aromatic ring is 1. The fourth-order valence-corrected chi connectivity index (χ4v) is 2.04. The summed E-state index contributed by atoms with van der Waals surface area (Å²) in [5, 5.41) is 3.41. The van der Waals surface area contributed by atoms with Crippen molar-refractivity contribution in [1.82, 2.24) is 4.90 Å².